The van der Waals surface area contributed by atoms with Crippen LogP contribution in [0, 0.1) is 12.7 Å². The third-order valence-corrected chi connectivity index (χ3v) is 6.59. The number of likely N-dealkylation sites (tertiary alicyclic amines) is 1. The Morgan fingerprint density at radius 1 is 1.26 bits per heavy atom. The number of carbonyl (C=O) groups is 1. The number of imidazole rings is 1. The van der Waals surface area contributed by atoms with Crippen LogP contribution in [0.4, 0.5) is 4.39 Å². The van der Waals surface area contributed by atoms with E-state index in [2.05, 4.69) is 16.9 Å². The normalized spacial score (nSPS) is 16.1. The fourth-order valence-electron chi connectivity index (χ4n) is 3.62. The summed E-state index contributed by atoms with van der Waals surface area (Å²) < 4.78 is 15.1. The third-order valence-electron chi connectivity index (χ3n) is 5.45. The second-order valence-electron chi connectivity index (χ2n) is 7.25. The van der Waals surface area contributed by atoms with Crippen LogP contribution < -0.4 is 0 Å². The molecule has 1 amide bonds. The predicted molar refractivity (Wildman–Crippen MR) is 106 cm³/mol. The minimum atomic E-state index is -0.263. The molecule has 3 aromatic rings. The fraction of sp³-hybridized carbons (Fsp3) is 0.400. The van der Waals surface area contributed by atoms with E-state index in [-0.39, 0.29) is 17.8 Å². The Bertz CT molecular complexity index is 970. The van der Waals surface area contributed by atoms with Crippen LogP contribution in [0.1, 0.15) is 28.2 Å². The first-order chi connectivity index (χ1) is 12.9. The largest absolute Gasteiger partial charge is 0.338 e. The minimum Gasteiger partial charge on any atom is -0.338 e. The molecule has 2 aromatic heterocycles. The van der Waals surface area contributed by atoms with E-state index >= 15 is 0 Å². The number of halogens is 1. The van der Waals surface area contributed by atoms with E-state index in [9.17, 15) is 9.18 Å². The smallest absolute Gasteiger partial charge is 0.265 e. The van der Waals surface area contributed by atoms with E-state index < -0.39 is 0 Å². The zero-order valence-corrected chi connectivity index (χ0v) is 16.6. The SMILES string of the molecule is Cc1c(C(=O)N(C)C2CCN(C)CC2)sc2nc(-c3ccc(F)cc3)cn12. The van der Waals surface area contributed by atoms with E-state index in [0.29, 0.717) is 0 Å². The van der Waals surface area contributed by atoms with Gasteiger partial charge in [-0.15, -0.1) is 0 Å². The van der Waals surface area contributed by atoms with Crippen molar-refractivity contribution in [3.05, 3.63) is 46.9 Å². The van der Waals surface area contributed by atoms with Gasteiger partial charge < -0.3 is 9.80 Å². The summed E-state index contributed by atoms with van der Waals surface area (Å²) in [5, 5.41) is 0. The lowest BCUT2D eigenvalue weighted by atomic mass is 10.0. The van der Waals surface area contributed by atoms with Gasteiger partial charge in [0.1, 0.15) is 10.7 Å². The topological polar surface area (TPSA) is 40.9 Å². The number of thiazole rings is 1. The lowest BCUT2D eigenvalue weighted by Gasteiger charge is -2.35. The van der Waals surface area contributed by atoms with Crippen LogP contribution in [0.3, 0.4) is 0 Å². The first kappa shape index (κ1) is 18.1. The number of fused-ring (bicyclic) bond motifs is 1. The van der Waals surface area contributed by atoms with Crippen molar-refractivity contribution in [3.63, 3.8) is 0 Å². The molecule has 0 unspecified atom stereocenters. The average Bonchev–Trinajstić information content (AvgIpc) is 3.21. The van der Waals surface area contributed by atoms with Crippen LogP contribution in [0.5, 0.6) is 0 Å². The van der Waals surface area contributed by atoms with E-state index in [0.717, 1.165) is 52.7 Å². The van der Waals surface area contributed by atoms with Crippen molar-refractivity contribution in [1.82, 2.24) is 19.2 Å². The number of hydrogen-bond acceptors (Lipinski definition) is 4. The summed E-state index contributed by atoms with van der Waals surface area (Å²) in [7, 11) is 4.03. The van der Waals surface area contributed by atoms with Crippen molar-refractivity contribution in [2.75, 3.05) is 27.2 Å². The monoisotopic (exact) mass is 386 g/mol. The molecule has 1 aromatic carbocycles. The summed E-state index contributed by atoms with van der Waals surface area (Å²) in [6, 6.07) is 6.59. The molecule has 0 spiro atoms. The molecule has 1 saturated heterocycles. The van der Waals surface area contributed by atoms with Gasteiger partial charge in [0.05, 0.1) is 5.69 Å². The summed E-state index contributed by atoms with van der Waals surface area (Å²) in [5.41, 5.74) is 2.55. The molecule has 1 aliphatic heterocycles. The van der Waals surface area contributed by atoms with E-state index in [1.165, 1.54) is 23.5 Å². The summed E-state index contributed by atoms with van der Waals surface area (Å²) in [6.07, 6.45) is 3.94. The van der Waals surface area contributed by atoms with Crippen molar-refractivity contribution < 1.29 is 9.18 Å². The van der Waals surface area contributed by atoms with Gasteiger partial charge in [-0.05, 0) is 64.2 Å². The van der Waals surface area contributed by atoms with Gasteiger partial charge >= 0.3 is 0 Å². The first-order valence-corrected chi connectivity index (χ1v) is 9.96. The second kappa shape index (κ2) is 7.05. The number of amides is 1. The van der Waals surface area contributed by atoms with Gasteiger partial charge in [-0.1, -0.05) is 11.3 Å². The lowest BCUT2D eigenvalue weighted by molar-refractivity contribution is 0.0663. The number of carbonyl (C=O) groups excluding carboxylic acids is 1. The lowest BCUT2D eigenvalue weighted by Crippen LogP contribution is -2.44. The summed E-state index contributed by atoms with van der Waals surface area (Å²) in [5.74, 6) is -0.193. The van der Waals surface area contributed by atoms with Crippen LogP contribution in [0.25, 0.3) is 16.2 Å². The molecule has 0 bridgehead atoms. The van der Waals surface area contributed by atoms with Crippen LogP contribution >= 0.6 is 11.3 Å². The van der Waals surface area contributed by atoms with Gasteiger partial charge in [-0.2, -0.15) is 0 Å². The van der Waals surface area contributed by atoms with Crippen molar-refractivity contribution >= 4 is 22.2 Å². The van der Waals surface area contributed by atoms with E-state index in [1.54, 1.807) is 12.1 Å². The maximum absolute atomic E-state index is 13.1. The zero-order valence-electron chi connectivity index (χ0n) is 15.8. The van der Waals surface area contributed by atoms with Crippen molar-refractivity contribution in [2.24, 2.45) is 0 Å². The molecule has 0 radical (unpaired) electrons. The number of aromatic nitrogens is 2. The van der Waals surface area contributed by atoms with Crippen molar-refractivity contribution in [1.29, 1.82) is 0 Å². The molecule has 142 valence electrons. The van der Waals surface area contributed by atoms with Gasteiger partial charge in [-0.25, -0.2) is 9.37 Å². The van der Waals surface area contributed by atoms with Crippen molar-refractivity contribution in [3.8, 4) is 11.3 Å². The number of benzene rings is 1. The van der Waals surface area contributed by atoms with Gasteiger partial charge in [-0.3, -0.25) is 9.20 Å². The second-order valence-corrected chi connectivity index (χ2v) is 8.23. The number of piperidine rings is 1. The Kier molecular flexibility index (Phi) is 4.74. The molecular weight excluding hydrogens is 363 g/mol. The van der Waals surface area contributed by atoms with Crippen LogP contribution in [-0.4, -0.2) is 58.3 Å². The molecule has 5 nitrogen and oxygen atoms in total. The molecule has 4 rings (SSSR count). The first-order valence-electron chi connectivity index (χ1n) is 9.14. The molecule has 0 atom stereocenters. The fourth-order valence-corrected chi connectivity index (χ4v) is 4.71. The highest BCUT2D eigenvalue weighted by molar-refractivity contribution is 7.19. The average molecular weight is 386 g/mol. The Morgan fingerprint density at radius 3 is 2.56 bits per heavy atom. The molecule has 1 aliphatic rings. The molecular formula is C20H23FN4OS. The number of hydrogen-bond donors (Lipinski definition) is 0. The molecule has 7 heteroatoms. The van der Waals surface area contributed by atoms with E-state index in [4.69, 9.17) is 0 Å². The molecule has 0 N–H and O–H groups in total. The third kappa shape index (κ3) is 3.37. The molecule has 27 heavy (non-hydrogen) atoms. The number of nitrogens with zero attached hydrogens (tertiary/aromatic N) is 4. The van der Waals surface area contributed by atoms with Gasteiger partial charge in [0.25, 0.3) is 5.91 Å². The van der Waals surface area contributed by atoms with Gasteiger partial charge in [0, 0.05) is 30.5 Å². The Morgan fingerprint density at radius 2 is 1.93 bits per heavy atom. The predicted octanol–water partition coefficient (Wildman–Crippen LogP) is 3.68. The Labute approximate surface area is 162 Å². The minimum absolute atomic E-state index is 0.0703. The van der Waals surface area contributed by atoms with Crippen LogP contribution in [-0.2, 0) is 0 Å². The van der Waals surface area contributed by atoms with Crippen molar-refractivity contribution in [2.45, 2.75) is 25.8 Å². The van der Waals surface area contributed by atoms with Crippen LogP contribution in [0.15, 0.2) is 30.5 Å². The Balaban J connectivity index is 1.59. The quantitative estimate of drug-likeness (QED) is 0.690. The zero-order chi connectivity index (χ0) is 19.1. The van der Waals surface area contributed by atoms with E-state index in [1.807, 2.05) is 29.5 Å². The number of aryl methyl sites for hydroxylation is 1. The standard InChI is InChI=1S/C20H23FN4OS/c1-13-18(19(26)24(3)16-8-10-23(2)11-9-16)27-20-22-17(12-25(13)20)14-4-6-15(21)7-5-14/h4-7,12,16H,8-11H2,1-3H3. The molecule has 1 fully saturated rings. The molecule has 3 heterocycles. The summed E-state index contributed by atoms with van der Waals surface area (Å²) >= 11 is 1.42. The van der Waals surface area contributed by atoms with Gasteiger partial charge in [0.15, 0.2) is 4.96 Å². The highest BCUT2D eigenvalue weighted by atomic mass is 32.1. The van der Waals surface area contributed by atoms with Gasteiger partial charge in [0.2, 0.25) is 0 Å². The molecule has 0 saturated carbocycles. The highest BCUT2D eigenvalue weighted by Gasteiger charge is 2.27. The molecule has 0 aliphatic carbocycles. The van der Waals surface area contributed by atoms with Crippen LogP contribution in [0.2, 0.25) is 0 Å². The highest BCUT2D eigenvalue weighted by Crippen LogP contribution is 2.29. The maximum atomic E-state index is 13.1. The maximum Gasteiger partial charge on any atom is 0.265 e. The summed E-state index contributed by atoms with van der Waals surface area (Å²) in [4.78, 5) is 23.4. The summed E-state index contributed by atoms with van der Waals surface area (Å²) in [6.45, 7) is 4.00. The number of rotatable bonds is 3. The Hall–Kier alpha value is -2.25.